The summed E-state index contributed by atoms with van der Waals surface area (Å²) < 4.78 is 8.05. The number of rotatable bonds is 10. The van der Waals surface area contributed by atoms with E-state index in [0.717, 1.165) is 59.0 Å². The molecule has 0 unspecified atom stereocenters. The second-order valence-corrected chi connectivity index (χ2v) is 7.57. The number of aryl methyl sites for hydroxylation is 2. The van der Waals surface area contributed by atoms with Crippen LogP contribution in [-0.4, -0.2) is 22.1 Å². The van der Waals surface area contributed by atoms with Crippen LogP contribution in [0.25, 0.3) is 11.0 Å². The molecular formula is C23H28ClN3O2. The Bertz CT molecular complexity index is 968. The number of ether oxygens (including phenoxy) is 1. The Morgan fingerprint density at radius 1 is 1.21 bits per heavy atom. The maximum absolute atomic E-state index is 11.8. The third-order valence-corrected chi connectivity index (χ3v) is 5.25. The summed E-state index contributed by atoms with van der Waals surface area (Å²) in [6.07, 6.45) is 3.27. The Balaban J connectivity index is 1.57. The van der Waals surface area contributed by atoms with E-state index in [4.69, 9.17) is 21.3 Å². The van der Waals surface area contributed by atoms with E-state index in [9.17, 15) is 4.79 Å². The van der Waals surface area contributed by atoms with Crippen molar-refractivity contribution in [2.45, 2.75) is 52.6 Å². The molecule has 0 aliphatic heterocycles. The molecule has 1 amide bonds. The van der Waals surface area contributed by atoms with Gasteiger partial charge in [-0.1, -0.05) is 30.7 Å². The molecule has 0 radical (unpaired) electrons. The molecule has 1 N–H and O–H groups in total. The van der Waals surface area contributed by atoms with Crippen LogP contribution in [-0.2, 0) is 17.9 Å². The van der Waals surface area contributed by atoms with Gasteiger partial charge in [-0.3, -0.25) is 4.79 Å². The number of carbonyl (C=O) groups is 1. The Morgan fingerprint density at radius 3 is 2.83 bits per heavy atom. The van der Waals surface area contributed by atoms with Gasteiger partial charge in [0.05, 0.1) is 24.2 Å². The van der Waals surface area contributed by atoms with Gasteiger partial charge in [-0.05, 0) is 62.1 Å². The largest absolute Gasteiger partial charge is 0.494 e. The number of hydrogen-bond donors (Lipinski definition) is 1. The standard InChI is InChI=1S/C23H28ClN3O2/c1-3-8-23(28)25-16-22-26-20-9-4-5-10-21(20)27(22)13-6-7-14-29-18-11-12-19(24)17(2)15-18/h4-5,9-12,15H,3,6-8,13-14,16H2,1-2H3,(H,25,28). The fraction of sp³-hybridized carbons (Fsp3) is 0.391. The summed E-state index contributed by atoms with van der Waals surface area (Å²) in [5, 5.41) is 3.73. The summed E-state index contributed by atoms with van der Waals surface area (Å²) in [5.74, 6) is 1.81. The number of nitrogens with one attached hydrogen (secondary N) is 1. The van der Waals surface area contributed by atoms with Crippen LogP contribution in [0.4, 0.5) is 0 Å². The van der Waals surface area contributed by atoms with E-state index < -0.39 is 0 Å². The van der Waals surface area contributed by atoms with E-state index in [0.29, 0.717) is 19.6 Å². The fourth-order valence-electron chi connectivity index (χ4n) is 3.27. The number of amides is 1. The number of unbranched alkanes of at least 4 members (excludes halogenated alkanes) is 1. The Hall–Kier alpha value is -2.53. The fourth-order valence-corrected chi connectivity index (χ4v) is 3.39. The third-order valence-electron chi connectivity index (χ3n) is 4.83. The average Bonchev–Trinajstić information content (AvgIpc) is 3.07. The molecule has 2 aromatic carbocycles. The lowest BCUT2D eigenvalue weighted by molar-refractivity contribution is -0.121. The topological polar surface area (TPSA) is 56.2 Å². The monoisotopic (exact) mass is 413 g/mol. The van der Waals surface area contributed by atoms with Crippen molar-refractivity contribution < 1.29 is 9.53 Å². The van der Waals surface area contributed by atoms with Gasteiger partial charge >= 0.3 is 0 Å². The van der Waals surface area contributed by atoms with Crippen molar-refractivity contribution in [3.8, 4) is 5.75 Å². The number of fused-ring (bicyclic) bond motifs is 1. The molecule has 1 aromatic heterocycles. The summed E-state index contributed by atoms with van der Waals surface area (Å²) in [7, 11) is 0. The van der Waals surface area contributed by atoms with Gasteiger partial charge in [0.25, 0.3) is 0 Å². The van der Waals surface area contributed by atoms with Crippen molar-refractivity contribution in [1.29, 1.82) is 0 Å². The van der Waals surface area contributed by atoms with Crippen molar-refractivity contribution in [2.75, 3.05) is 6.61 Å². The van der Waals surface area contributed by atoms with Gasteiger partial charge in [-0.15, -0.1) is 0 Å². The van der Waals surface area contributed by atoms with Crippen LogP contribution in [0.2, 0.25) is 5.02 Å². The molecule has 3 aromatic rings. The van der Waals surface area contributed by atoms with Crippen molar-refractivity contribution in [3.63, 3.8) is 0 Å². The highest BCUT2D eigenvalue weighted by atomic mass is 35.5. The highest BCUT2D eigenvalue weighted by Gasteiger charge is 2.11. The zero-order valence-corrected chi connectivity index (χ0v) is 17.8. The predicted octanol–water partition coefficient (Wildman–Crippen LogP) is 5.27. The van der Waals surface area contributed by atoms with E-state index >= 15 is 0 Å². The number of aromatic nitrogens is 2. The van der Waals surface area contributed by atoms with E-state index in [1.54, 1.807) is 0 Å². The lowest BCUT2D eigenvalue weighted by atomic mass is 10.2. The maximum Gasteiger partial charge on any atom is 0.220 e. The third kappa shape index (κ3) is 5.73. The Kier molecular flexibility index (Phi) is 7.53. The second-order valence-electron chi connectivity index (χ2n) is 7.16. The molecule has 0 aliphatic carbocycles. The molecule has 0 fully saturated rings. The molecule has 0 saturated carbocycles. The molecule has 0 saturated heterocycles. The van der Waals surface area contributed by atoms with Crippen LogP contribution in [0.3, 0.4) is 0 Å². The maximum atomic E-state index is 11.8. The Labute approximate surface area is 177 Å². The molecule has 5 nitrogen and oxygen atoms in total. The van der Waals surface area contributed by atoms with Crippen LogP contribution >= 0.6 is 11.6 Å². The highest BCUT2D eigenvalue weighted by molar-refractivity contribution is 6.31. The van der Waals surface area contributed by atoms with E-state index in [-0.39, 0.29) is 5.91 Å². The number of benzene rings is 2. The first-order valence-electron chi connectivity index (χ1n) is 10.2. The van der Waals surface area contributed by atoms with Crippen LogP contribution < -0.4 is 10.1 Å². The highest BCUT2D eigenvalue weighted by Crippen LogP contribution is 2.21. The molecule has 0 spiro atoms. The van der Waals surface area contributed by atoms with Gasteiger partial charge in [0.15, 0.2) is 0 Å². The van der Waals surface area contributed by atoms with Gasteiger partial charge in [-0.2, -0.15) is 0 Å². The van der Waals surface area contributed by atoms with Gasteiger partial charge in [0, 0.05) is 18.0 Å². The Morgan fingerprint density at radius 2 is 2.03 bits per heavy atom. The lowest BCUT2D eigenvalue weighted by Gasteiger charge is -2.11. The molecule has 154 valence electrons. The molecule has 0 atom stereocenters. The molecule has 1 heterocycles. The van der Waals surface area contributed by atoms with Crippen LogP contribution in [0.5, 0.6) is 5.75 Å². The first-order chi connectivity index (χ1) is 14.1. The minimum atomic E-state index is 0.0674. The van der Waals surface area contributed by atoms with Gasteiger partial charge in [0.1, 0.15) is 11.6 Å². The molecule has 29 heavy (non-hydrogen) atoms. The van der Waals surface area contributed by atoms with E-state index in [1.165, 1.54) is 0 Å². The number of nitrogens with zero attached hydrogens (tertiary/aromatic N) is 2. The van der Waals surface area contributed by atoms with Gasteiger partial charge in [0.2, 0.25) is 5.91 Å². The quantitative estimate of drug-likeness (QED) is 0.460. The second kappa shape index (κ2) is 10.3. The van der Waals surface area contributed by atoms with Crippen molar-refractivity contribution in [2.24, 2.45) is 0 Å². The minimum Gasteiger partial charge on any atom is -0.494 e. The van der Waals surface area contributed by atoms with E-state index in [1.807, 2.05) is 50.2 Å². The molecule has 3 rings (SSSR count). The first-order valence-corrected chi connectivity index (χ1v) is 10.6. The van der Waals surface area contributed by atoms with Crippen molar-refractivity contribution in [1.82, 2.24) is 14.9 Å². The SMILES string of the molecule is CCCC(=O)NCc1nc2ccccc2n1CCCCOc1ccc(Cl)c(C)c1. The summed E-state index contributed by atoms with van der Waals surface area (Å²) in [6, 6.07) is 13.8. The van der Waals surface area contributed by atoms with Crippen LogP contribution in [0.1, 0.15) is 44.0 Å². The minimum absolute atomic E-state index is 0.0674. The van der Waals surface area contributed by atoms with Gasteiger partial charge in [-0.25, -0.2) is 4.98 Å². The summed E-state index contributed by atoms with van der Waals surface area (Å²) in [6.45, 7) is 5.91. The number of para-hydroxylation sites is 2. The summed E-state index contributed by atoms with van der Waals surface area (Å²) in [5.41, 5.74) is 3.07. The molecule has 0 aliphatic rings. The molecule has 0 bridgehead atoms. The van der Waals surface area contributed by atoms with Crippen LogP contribution in [0, 0.1) is 6.92 Å². The number of imidazole rings is 1. The molecule has 6 heteroatoms. The summed E-state index contributed by atoms with van der Waals surface area (Å²) in [4.78, 5) is 16.6. The number of hydrogen-bond acceptors (Lipinski definition) is 3. The average molecular weight is 414 g/mol. The lowest BCUT2D eigenvalue weighted by Crippen LogP contribution is -2.24. The number of halogens is 1. The number of carbonyl (C=O) groups excluding carboxylic acids is 1. The van der Waals surface area contributed by atoms with Crippen molar-refractivity contribution in [3.05, 3.63) is 58.9 Å². The normalized spacial score (nSPS) is 11.0. The zero-order valence-electron chi connectivity index (χ0n) is 17.1. The smallest absolute Gasteiger partial charge is 0.220 e. The summed E-state index contributed by atoms with van der Waals surface area (Å²) >= 11 is 6.06. The predicted molar refractivity (Wildman–Crippen MR) is 117 cm³/mol. The van der Waals surface area contributed by atoms with E-state index in [2.05, 4.69) is 16.0 Å². The molecular weight excluding hydrogens is 386 g/mol. The van der Waals surface area contributed by atoms with Crippen molar-refractivity contribution >= 4 is 28.5 Å². The van der Waals surface area contributed by atoms with Gasteiger partial charge < -0.3 is 14.6 Å². The first kappa shape index (κ1) is 21.2. The van der Waals surface area contributed by atoms with Crippen LogP contribution in [0.15, 0.2) is 42.5 Å². The zero-order chi connectivity index (χ0) is 20.6.